The van der Waals surface area contributed by atoms with E-state index in [0.717, 1.165) is 34.8 Å². The van der Waals surface area contributed by atoms with Crippen LogP contribution in [0.5, 0.6) is 11.5 Å². The van der Waals surface area contributed by atoms with Crippen LogP contribution in [-0.2, 0) is 26.2 Å². The smallest absolute Gasteiger partial charge is 0.264 e. The molecular formula is C31H38FN3O6S. The number of methoxy groups -OCH3 is 2. The van der Waals surface area contributed by atoms with Crippen LogP contribution in [0.25, 0.3) is 0 Å². The Labute approximate surface area is 247 Å². The topological polar surface area (TPSA) is 105 Å². The van der Waals surface area contributed by atoms with Gasteiger partial charge in [0.15, 0.2) is 11.5 Å². The van der Waals surface area contributed by atoms with Gasteiger partial charge in [0.25, 0.3) is 10.0 Å². The summed E-state index contributed by atoms with van der Waals surface area (Å²) in [6.07, 6.45) is 2.00. The van der Waals surface area contributed by atoms with E-state index in [2.05, 4.69) is 5.32 Å². The van der Waals surface area contributed by atoms with E-state index in [0.29, 0.717) is 18.7 Å². The van der Waals surface area contributed by atoms with E-state index in [4.69, 9.17) is 9.47 Å². The predicted molar refractivity (Wildman–Crippen MR) is 159 cm³/mol. The van der Waals surface area contributed by atoms with Crippen LogP contribution < -0.4 is 19.1 Å². The molecule has 0 fully saturated rings. The van der Waals surface area contributed by atoms with Crippen molar-refractivity contribution in [2.45, 2.75) is 50.6 Å². The maximum absolute atomic E-state index is 14.1. The summed E-state index contributed by atoms with van der Waals surface area (Å²) in [7, 11) is -1.56. The maximum Gasteiger partial charge on any atom is 0.264 e. The Kier molecular flexibility index (Phi) is 11.7. The highest BCUT2D eigenvalue weighted by atomic mass is 32.2. The molecule has 11 heteroatoms. The molecule has 0 saturated carbocycles. The first-order valence-electron chi connectivity index (χ1n) is 13.8. The number of ether oxygens (including phenoxy) is 2. The molecule has 42 heavy (non-hydrogen) atoms. The van der Waals surface area contributed by atoms with E-state index in [-0.39, 0.29) is 28.8 Å². The van der Waals surface area contributed by atoms with E-state index < -0.39 is 34.3 Å². The number of halogens is 1. The summed E-state index contributed by atoms with van der Waals surface area (Å²) in [5.41, 5.74) is 0.862. The van der Waals surface area contributed by atoms with Crippen molar-refractivity contribution >= 4 is 27.5 Å². The zero-order valence-electron chi connectivity index (χ0n) is 24.4. The Bertz CT molecular complexity index is 1430. The number of nitrogens with one attached hydrogen (secondary N) is 1. The normalized spacial score (nSPS) is 11.8. The average molecular weight is 600 g/mol. The molecule has 1 N–H and O–H groups in total. The van der Waals surface area contributed by atoms with Gasteiger partial charge >= 0.3 is 0 Å². The fraction of sp³-hybridized carbons (Fsp3) is 0.355. The van der Waals surface area contributed by atoms with Gasteiger partial charge in [-0.3, -0.25) is 13.9 Å². The number of carbonyl (C=O) groups excluding carboxylic acids is 2. The summed E-state index contributed by atoms with van der Waals surface area (Å²) in [6, 6.07) is 17.2. The molecule has 9 nitrogen and oxygen atoms in total. The van der Waals surface area contributed by atoms with Crippen LogP contribution in [0, 0.1) is 5.82 Å². The number of benzene rings is 3. The molecule has 3 rings (SSSR count). The molecule has 0 aromatic heterocycles. The minimum absolute atomic E-state index is 0.0830. The van der Waals surface area contributed by atoms with Crippen LogP contribution in [-0.4, -0.2) is 58.5 Å². The Morgan fingerprint density at radius 1 is 0.929 bits per heavy atom. The van der Waals surface area contributed by atoms with Crippen LogP contribution in [0.3, 0.4) is 0 Å². The van der Waals surface area contributed by atoms with Gasteiger partial charge in [-0.2, -0.15) is 0 Å². The van der Waals surface area contributed by atoms with E-state index in [9.17, 15) is 22.4 Å². The molecule has 0 heterocycles. The highest BCUT2D eigenvalue weighted by Crippen LogP contribution is 2.32. The zero-order chi connectivity index (χ0) is 30.7. The Morgan fingerprint density at radius 2 is 1.60 bits per heavy atom. The van der Waals surface area contributed by atoms with Gasteiger partial charge in [0.2, 0.25) is 11.8 Å². The van der Waals surface area contributed by atoms with Gasteiger partial charge in [0, 0.05) is 19.2 Å². The molecule has 3 aromatic rings. The zero-order valence-corrected chi connectivity index (χ0v) is 25.2. The van der Waals surface area contributed by atoms with Gasteiger partial charge < -0.3 is 19.7 Å². The SMILES string of the molecule is CCCCNC(=O)[C@@H](CC)N(Cc1ccccc1)C(=O)CN(c1ccc(F)cc1)S(=O)(=O)c1ccc(OC)c(OC)c1. The third-order valence-corrected chi connectivity index (χ3v) is 8.52. The lowest BCUT2D eigenvalue weighted by Gasteiger charge is -2.33. The van der Waals surface area contributed by atoms with E-state index in [1.165, 1.54) is 49.5 Å². The Morgan fingerprint density at radius 3 is 2.19 bits per heavy atom. The van der Waals surface area contributed by atoms with Gasteiger partial charge in [-0.15, -0.1) is 0 Å². The summed E-state index contributed by atoms with van der Waals surface area (Å²) in [6.45, 7) is 3.74. The fourth-order valence-corrected chi connectivity index (χ4v) is 5.88. The summed E-state index contributed by atoms with van der Waals surface area (Å²) in [5, 5.41) is 2.89. The van der Waals surface area contributed by atoms with Crippen molar-refractivity contribution in [1.82, 2.24) is 10.2 Å². The molecular weight excluding hydrogens is 561 g/mol. The Hall–Kier alpha value is -4.12. The number of carbonyl (C=O) groups is 2. The molecule has 0 saturated heterocycles. The van der Waals surface area contributed by atoms with Gasteiger partial charge in [-0.05, 0) is 54.8 Å². The second-order valence-electron chi connectivity index (χ2n) is 9.58. The van der Waals surface area contributed by atoms with Crippen molar-refractivity contribution in [3.8, 4) is 11.5 Å². The summed E-state index contributed by atoms with van der Waals surface area (Å²) in [5.74, 6) is -0.954. The first kappa shape index (κ1) is 32.4. The van der Waals surface area contributed by atoms with Gasteiger partial charge in [-0.1, -0.05) is 50.6 Å². The molecule has 0 spiro atoms. The molecule has 0 bridgehead atoms. The third-order valence-electron chi connectivity index (χ3n) is 6.75. The first-order chi connectivity index (χ1) is 20.2. The lowest BCUT2D eigenvalue weighted by atomic mass is 10.1. The van der Waals surface area contributed by atoms with Crippen LogP contribution in [0.1, 0.15) is 38.7 Å². The summed E-state index contributed by atoms with van der Waals surface area (Å²) >= 11 is 0. The van der Waals surface area contributed by atoms with Gasteiger partial charge in [0.1, 0.15) is 18.4 Å². The highest BCUT2D eigenvalue weighted by molar-refractivity contribution is 7.92. The molecule has 0 aliphatic carbocycles. The number of nitrogens with zero attached hydrogens (tertiary/aromatic N) is 2. The quantitative estimate of drug-likeness (QED) is 0.253. The Balaban J connectivity index is 2.05. The van der Waals surface area contributed by atoms with Crippen molar-refractivity contribution in [2.75, 3.05) is 31.6 Å². The standard InChI is InChI=1S/C31H38FN3O6S/c1-5-7-19-33-31(37)27(6-2)34(21-23-11-9-8-10-12-23)30(36)22-35(25-15-13-24(32)14-16-25)42(38,39)26-17-18-28(40-3)29(20-26)41-4/h8-18,20,27H,5-7,19,21-22H2,1-4H3,(H,33,37)/t27-/m1/s1. The minimum Gasteiger partial charge on any atom is -0.493 e. The highest BCUT2D eigenvalue weighted by Gasteiger charge is 2.34. The molecule has 0 aliphatic rings. The largest absolute Gasteiger partial charge is 0.493 e. The molecule has 0 aliphatic heterocycles. The number of amides is 2. The van der Waals surface area contributed by atoms with Gasteiger partial charge in [-0.25, -0.2) is 12.8 Å². The van der Waals surface area contributed by atoms with Crippen LogP contribution in [0.2, 0.25) is 0 Å². The second-order valence-corrected chi connectivity index (χ2v) is 11.4. The molecule has 1 atom stereocenters. The van der Waals surface area contributed by atoms with Crippen molar-refractivity contribution < 1.29 is 31.9 Å². The third kappa shape index (κ3) is 8.00. The van der Waals surface area contributed by atoms with Crippen molar-refractivity contribution in [3.63, 3.8) is 0 Å². The van der Waals surface area contributed by atoms with E-state index in [1.807, 2.05) is 37.3 Å². The maximum atomic E-state index is 14.1. The number of sulfonamides is 1. The van der Waals surface area contributed by atoms with E-state index >= 15 is 0 Å². The fourth-order valence-electron chi connectivity index (χ4n) is 4.45. The average Bonchev–Trinajstić information content (AvgIpc) is 3.00. The summed E-state index contributed by atoms with van der Waals surface area (Å²) < 4.78 is 53.3. The molecule has 0 unspecified atom stereocenters. The second kappa shape index (κ2) is 15.2. The lowest BCUT2D eigenvalue weighted by molar-refractivity contribution is -0.140. The number of rotatable bonds is 15. The lowest BCUT2D eigenvalue weighted by Crippen LogP contribution is -2.52. The number of hydrogen-bond acceptors (Lipinski definition) is 6. The minimum atomic E-state index is -4.37. The van der Waals surface area contributed by atoms with Crippen LogP contribution in [0.15, 0.2) is 77.7 Å². The van der Waals surface area contributed by atoms with Crippen molar-refractivity contribution in [1.29, 1.82) is 0 Å². The molecule has 2 amide bonds. The number of anilines is 1. The number of hydrogen-bond donors (Lipinski definition) is 1. The van der Waals surface area contributed by atoms with Gasteiger partial charge in [0.05, 0.1) is 24.8 Å². The first-order valence-corrected chi connectivity index (χ1v) is 15.2. The van der Waals surface area contributed by atoms with Crippen molar-refractivity contribution in [2.24, 2.45) is 0 Å². The molecule has 0 radical (unpaired) electrons. The molecule has 226 valence electrons. The van der Waals surface area contributed by atoms with E-state index in [1.54, 1.807) is 6.92 Å². The van der Waals surface area contributed by atoms with Crippen LogP contribution in [0.4, 0.5) is 10.1 Å². The van der Waals surface area contributed by atoms with Crippen LogP contribution >= 0.6 is 0 Å². The predicted octanol–water partition coefficient (Wildman–Crippen LogP) is 4.76. The van der Waals surface area contributed by atoms with Crippen molar-refractivity contribution in [3.05, 3.63) is 84.2 Å². The molecule has 3 aromatic carbocycles. The monoisotopic (exact) mass is 599 g/mol. The summed E-state index contributed by atoms with van der Waals surface area (Å²) in [4.78, 5) is 28.5. The number of unbranched alkanes of at least 4 members (excludes halogenated alkanes) is 1.